The molecule has 10 heteroatoms. The van der Waals surface area contributed by atoms with Crippen molar-refractivity contribution in [2.75, 3.05) is 4.90 Å². The number of halogens is 2. The van der Waals surface area contributed by atoms with Crippen molar-refractivity contribution in [3.63, 3.8) is 0 Å². The Hall–Kier alpha value is -3.36. The van der Waals surface area contributed by atoms with Crippen LogP contribution in [0.4, 0.5) is 5.82 Å². The Morgan fingerprint density at radius 2 is 1.89 bits per heavy atom. The first-order valence-corrected chi connectivity index (χ1v) is 13.0. The van der Waals surface area contributed by atoms with Gasteiger partial charge in [0.15, 0.2) is 0 Å². The monoisotopic (exact) mass is 538 g/mol. The van der Waals surface area contributed by atoms with E-state index in [0.717, 1.165) is 22.6 Å². The number of aromatic nitrogens is 5. The summed E-state index contributed by atoms with van der Waals surface area (Å²) in [5, 5.41) is 10.2. The molecule has 0 aliphatic carbocycles. The van der Waals surface area contributed by atoms with Crippen LogP contribution in [0, 0.1) is 0 Å². The molecule has 0 atom stereocenters. The highest BCUT2D eigenvalue weighted by molar-refractivity contribution is 6.33. The van der Waals surface area contributed by atoms with E-state index in [-0.39, 0.29) is 18.1 Å². The van der Waals surface area contributed by atoms with Gasteiger partial charge in [0.25, 0.3) is 0 Å². The van der Waals surface area contributed by atoms with Crippen LogP contribution in [0.5, 0.6) is 5.75 Å². The van der Waals surface area contributed by atoms with E-state index >= 15 is 0 Å². The standard InChI is InChI=1S/C27H28Cl2N6O2/c1-16(2)35-27(21(29)14-31-35)22-13-24-33(25(36)9-11-34(24)32-22)15-18-7-8-19(20(28)12-18)26-23(37-17(3)4)6-5-10-30-26/h5-8,10,12-14,16-17H,9,11,15H2,1-4H3. The Balaban J connectivity index is 1.46. The molecule has 5 rings (SSSR count). The van der Waals surface area contributed by atoms with Crippen LogP contribution in [-0.4, -0.2) is 36.6 Å². The number of fused-ring (bicyclic) bond motifs is 1. The van der Waals surface area contributed by atoms with E-state index < -0.39 is 0 Å². The highest BCUT2D eigenvalue weighted by Gasteiger charge is 2.28. The first kappa shape index (κ1) is 25.3. The molecule has 0 saturated carbocycles. The minimum absolute atomic E-state index is 0.00918. The topological polar surface area (TPSA) is 78.1 Å². The lowest BCUT2D eigenvalue weighted by molar-refractivity contribution is -0.119. The van der Waals surface area contributed by atoms with Crippen LogP contribution in [-0.2, 0) is 17.9 Å². The van der Waals surface area contributed by atoms with Gasteiger partial charge in [-0.1, -0.05) is 35.3 Å². The maximum Gasteiger partial charge on any atom is 0.230 e. The number of benzene rings is 1. The van der Waals surface area contributed by atoms with Crippen molar-refractivity contribution in [3.05, 3.63) is 64.4 Å². The first-order chi connectivity index (χ1) is 17.7. The van der Waals surface area contributed by atoms with E-state index in [9.17, 15) is 4.79 Å². The summed E-state index contributed by atoms with van der Waals surface area (Å²) in [4.78, 5) is 19.2. The summed E-state index contributed by atoms with van der Waals surface area (Å²) in [7, 11) is 0. The molecule has 4 aromatic rings. The molecule has 0 unspecified atom stereocenters. The molecule has 8 nitrogen and oxygen atoms in total. The number of rotatable bonds is 7. The number of pyridine rings is 1. The summed E-state index contributed by atoms with van der Waals surface area (Å²) in [6.07, 6.45) is 3.71. The fourth-order valence-corrected chi connectivity index (χ4v) is 5.00. The normalized spacial score (nSPS) is 13.5. The van der Waals surface area contributed by atoms with Crippen LogP contribution < -0.4 is 9.64 Å². The zero-order valence-corrected chi connectivity index (χ0v) is 22.7. The van der Waals surface area contributed by atoms with E-state index in [1.807, 2.05) is 73.5 Å². The van der Waals surface area contributed by atoms with Gasteiger partial charge in [-0.15, -0.1) is 0 Å². The lowest BCUT2D eigenvalue weighted by Gasteiger charge is -2.27. The maximum atomic E-state index is 13.0. The molecular weight excluding hydrogens is 511 g/mol. The summed E-state index contributed by atoms with van der Waals surface area (Å²) < 4.78 is 9.62. The Kier molecular flexibility index (Phi) is 6.96. The van der Waals surface area contributed by atoms with Gasteiger partial charge < -0.3 is 4.74 Å². The lowest BCUT2D eigenvalue weighted by Crippen LogP contribution is -2.36. The first-order valence-electron chi connectivity index (χ1n) is 12.2. The molecule has 1 aliphatic heterocycles. The molecule has 0 N–H and O–H groups in total. The average Bonchev–Trinajstić information content (AvgIpc) is 3.45. The van der Waals surface area contributed by atoms with Gasteiger partial charge in [-0.25, -0.2) is 4.68 Å². The summed E-state index contributed by atoms with van der Waals surface area (Å²) in [5.41, 5.74) is 3.78. The zero-order chi connectivity index (χ0) is 26.3. The number of anilines is 1. The van der Waals surface area contributed by atoms with Crippen molar-refractivity contribution in [2.45, 2.75) is 59.4 Å². The fourth-order valence-electron chi connectivity index (χ4n) is 4.48. The molecule has 0 fully saturated rings. The third-order valence-electron chi connectivity index (χ3n) is 6.12. The van der Waals surface area contributed by atoms with Gasteiger partial charge in [0.05, 0.1) is 35.4 Å². The quantitative estimate of drug-likeness (QED) is 0.271. The van der Waals surface area contributed by atoms with E-state index in [4.69, 9.17) is 33.0 Å². The van der Waals surface area contributed by atoms with Crippen LogP contribution in [0.15, 0.2) is 48.8 Å². The third-order valence-corrected chi connectivity index (χ3v) is 6.71. The fraction of sp³-hybridized carbons (Fsp3) is 0.333. The predicted molar refractivity (Wildman–Crippen MR) is 145 cm³/mol. The SMILES string of the molecule is CC(C)Oc1cccnc1-c1ccc(CN2C(=O)CCn3nc(-c4c(Cl)cnn4C(C)C)cc32)cc1Cl. The summed E-state index contributed by atoms with van der Waals surface area (Å²) in [5.74, 6) is 1.42. The molecule has 0 radical (unpaired) electrons. The molecule has 0 saturated heterocycles. The number of hydrogen-bond acceptors (Lipinski definition) is 5. The van der Waals surface area contributed by atoms with E-state index in [1.54, 1.807) is 17.3 Å². The van der Waals surface area contributed by atoms with Gasteiger partial charge >= 0.3 is 0 Å². The molecule has 0 spiro atoms. The van der Waals surface area contributed by atoms with Crippen molar-refractivity contribution < 1.29 is 9.53 Å². The Labute approximate surface area is 225 Å². The number of carbonyl (C=O) groups excluding carboxylic acids is 1. The molecule has 192 valence electrons. The van der Waals surface area contributed by atoms with Crippen LogP contribution >= 0.6 is 23.2 Å². The predicted octanol–water partition coefficient (Wildman–Crippen LogP) is 6.42. The van der Waals surface area contributed by atoms with Crippen LogP contribution in [0.2, 0.25) is 10.0 Å². The van der Waals surface area contributed by atoms with Gasteiger partial charge in [-0.3, -0.25) is 19.4 Å². The smallest absolute Gasteiger partial charge is 0.230 e. The highest BCUT2D eigenvalue weighted by Crippen LogP contribution is 2.36. The molecule has 1 aromatic carbocycles. The number of nitrogens with zero attached hydrogens (tertiary/aromatic N) is 6. The second-order valence-corrected chi connectivity index (χ2v) is 10.4. The number of ether oxygens (including phenoxy) is 1. The highest BCUT2D eigenvalue weighted by atomic mass is 35.5. The molecular formula is C27H28Cl2N6O2. The van der Waals surface area contributed by atoms with Gasteiger partial charge in [-0.05, 0) is 51.5 Å². The second-order valence-electron chi connectivity index (χ2n) is 9.55. The molecule has 0 bridgehead atoms. The third kappa shape index (κ3) is 4.95. The van der Waals surface area contributed by atoms with Crippen LogP contribution in [0.3, 0.4) is 0 Å². The van der Waals surface area contributed by atoms with Gasteiger partial charge in [-0.2, -0.15) is 10.2 Å². The Bertz CT molecular complexity index is 1460. The molecule has 37 heavy (non-hydrogen) atoms. The molecule has 3 aromatic heterocycles. The molecule has 4 heterocycles. The van der Waals surface area contributed by atoms with Crippen molar-refractivity contribution in [1.29, 1.82) is 0 Å². The van der Waals surface area contributed by atoms with Crippen molar-refractivity contribution in [3.8, 4) is 28.4 Å². The van der Waals surface area contributed by atoms with Crippen molar-refractivity contribution >= 4 is 34.9 Å². The van der Waals surface area contributed by atoms with E-state index in [1.165, 1.54) is 0 Å². The van der Waals surface area contributed by atoms with Crippen LogP contribution in [0.1, 0.15) is 45.7 Å². The van der Waals surface area contributed by atoms with Crippen molar-refractivity contribution in [1.82, 2.24) is 24.5 Å². The second kappa shape index (κ2) is 10.2. The number of aryl methyl sites for hydroxylation is 1. The zero-order valence-electron chi connectivity index (χ0n) is 21.2. The minimum Gasteiger partial charge on any atom is -0.489 e. The number of hydrogen-bond donors (Lipinski definition) is 0. The number of carbonyl (C=O) groups is 1. The van der Waals surface area contributed by atoms with E-state index in [2.05, 4.69) is 10.1 Å². The van der Waals surface area contributed by atoms with Gasteiger partial charge in [0.2, 0.25) is 5.91 Å². The number of amides is 1. The molecule has 1 aliphatic rings. The molecule has 1 amide bonds. The summed E-state index contributed by atoms with van der Waals surface area (Å²) in [6, 6.07) is 11.5. The minimum atomic E-state index is 0.00918. The maximum absolute atomic E-state index is 13.0. The summed E-state index contributed by atoms with van der Waals surface area (Å²) >= 11 is 13.2. The van der Waals surface area contributed by atoms with Crippen molar-refractivity contribution in [2.24, 2.45) is 0 Å². The van der Waals surface area contributed by atoms with E-state index in [0.29, 0.717) is 46.7 Å². The Morgan fingerprint density at radius 1 is 1.08 bits per heavy atom. The van der Waals surface area contributed by atoms with Gasteiger partial charge in [0.1, 0.15) is 28.6 Å². The summed E-state index contributed by atoms with van der Waals surface area (Å²) in [6.45, 7) is 8.88. The largest absolute Gasteiger partial charge is 0.489 e. The average molecular weight is 539 g/mol. The van der Waals surface area contributed by atoms with Gasteiger partial charge in [0, 0.05) is 30.3 Å². The lowest BCUT2D eigenvalue weighted by atomic mass is 10.1. The Morgan fingerprint density at radius 3 is 2.62 bits per heavy atom. The van der Waals surface area contributed by atoms with Crippen LogP contribution in [0.25, 0.3) is 22.6 Å².